The van der Waals surface area contributed by atoms with Crippen LogP contribution in [0.1, 0.15) is 50.7 Å². The van der Waals surface area contributed by atoms with Crippen molar-refractivity contribution in [3.05, 3.63) is 35.4 Å². The molecule has 174 valence electrons. The number of carboxylic acids is 1. The number of aryl methyl sites for hydroxylation is 1. The Kier molecular flexibility index (Phi) is 6.76. The van der Waals surface area contributed by atoms with E-state index in [1.807, 2.05) is 31.2 Å². The summed E-state index contributed by atoms with van der Waals surface area (Å²) in [6.45, 7) is 7.03. The Balaban J connectivity index is 1.49. The molecule has 2 N–H and O–H groups in total. The zero-order valence-corrected chi connectivity index (χ0v) is 18.8. The number of urea groups is 1. The van der Waals surface area contributed by atoms with Crippen molar-refractivity contribution in [1.29, 1.82) is 0 Å². The van der Waals surface area contributed by atoms with E-state index < -0.39 is 28.9 Å². The van der Waals surface area contributed by atoms with Gasteiger partial charge in [0.25, 0.3) is 0 Å². The van der Waals surface area contributed by atoms with E-state index in [0.717, 1.165) is 11.1 Å². The number of aliphatic carboxylic acids is 1. The van der Waals surface area contributed by atoms with Gasteiger partial charge in [0.05, 0.1) is 13.0 Å². The Morgan fingerprint density at radius 1 is 1.12 bits per heavy atom. The number of ether oxygens (including phenoxy) is 1. The quantitative estimate of drug-likeness (QED) is 0.696. The number of carbonyl (C=O) groups excluding carboxylic acids is 3. The first-order valence-corrected chi connectivity index (χ1v) is 10.8. The molecule has 9 nitrogen and oxygen atoms in total. The van der Waals surface area contributed by atoms with E-state index in [2.05, 4.69) is 5.32 Å². The van der Waals surface area contributed by atoms with Gasteiger partial charge in [0.15, 0.2) is 0 Å². The molecule has 0 unspecified atom stereocenters. The number of piperidine rings is 1. The molecule has 2 heterocycles. The second-order valence-corrected chi connectivity index (χ2v) is 9.64. The van der Waals surface area contributed by atoms with Crippen molar-refractivity contribution in [3.8, 4) is 0 Å². The van der Waals surface area contributed by atoms with E-state index >= 15 is 0 Å². The molecule has 2 aliphatic heterocycles. The van der Waals surface area contributed by atoms with Crippen LogP contribution in [0, 0.1) is 12.3 Å². The van der Waals surface area contributed by atoms with Crippen molar-refractivity contribution >= 4 is 24.0 Å². The summed E-state index contributed by atoms with van der Waals surface area (Å²) in [4.78, 5) is 51.2. The van der Waals surface area contributed by atoms with Crippen molar-refractivity contribution < 1.29 is 29.0 Å². The molecule has 2 aliphatic rings. The summed E-state index contributed by atoms with van der Waals surface area (Å²) in [5, 5.41) is 11.3. The number of rotatable bonds is 6. The van der Waals surface area contributed by atoms with Gasteiger partial charge in [-0.05, 0) is 17.9 Å². The normalized spacial score (nSPS) is 17.9. The number of hydrogen-bond donors (Lipinski definition) is 2. The Morgan fingerprint density at radius 3 is 2.34 bits per heavy atom. The highest BCUT2D eigenvalue weighted by molar-refractivity contribution is 5.94. The number of carbonyl (C=O) groups is 4. The largest absolute Gasteiger partial charge is 0.481 e. The third-order valence-corrected chi connectivity index (χ3v) is 6.01. The minimum absolute atomic E-state index is 0.0611. The lowest BCUT2D eigenvalue weighted by molar-refractivity contribution is -0.139. The van der Waals surface area contributed by atoms with E-state index in [-0.39, 0.29) is 18.9 Å². The van der Waals surface area contributed by atoms with E-state index in [0.29, 0.717) is 39.0 Å². The Morgan fingerprint density at radius 2 is 1.75 bits per heavy atom. The van der Waals surface area contributed by atoms with Crippen molar-refractivity contribution in [2.45, 2.75) is 58.6 Å². The Bertz CT molecular complexity index is 887. The molecule has 32 heavy (non-hydrogen) atoms. The fraction of sp³-hybridized carbons (Fsp3) is 0.565. The second-order valence-electron chi connectivity index (χ2n) is 9.64. The number of likely N-dealkylation sites (tertiary alicyclic amines) is 1. The van der Waals surface area contributed by atoms with Crippen molar-refractivity contribution in [3.63, 3.8) is 0 Å². The number of nitrogens with one attached hydrogen (secondary N) is 1. The van der Waals surface area contributed by atoms with Gasteiger partial charge in [0.2, 0.25) is 5.91 Å². The van der Waals surface area contributed by atoms with Crippen molar-refractivity contribution in [2.24, 2.45) is 5.41 Å². The monoisotopic (exact) mass is 445 g/mol. The number of benzene rings is 1. The smallest absolute Gasteiger partial charge is 0.410 e. The van der Waals surface area contributed by atoms with E-state index in [4.69, 9.17) is 9.84 Å². The number of carboxylic acid groups (broad SMARTS) is 1. The first-order chi connectivity index (χ1) is 15.0. The predicted octanol–water partition coefficient (Wildman–Crippen LogP) is 2.91. The third kappa shape index (κ3) is 5.99. The minimum atomic E-state index is -0.988. The Labute approximate surface area is 187 Å². The SMILES string of the molecule is Cc1ccc(CN2CC3(CCN(C(=O)NC(=O)CC(C)(C)CC(=O)O)CC3)OC2=O)cc1. The van der Waals surface area contributed by atoms with Gasteiger partial charge >= 0.3 is 18.1 Å². The van der Waals surface area contributed by atoms with Gasteiger partial charge in [-0.25, -0.2) is 9.59 Å². The molecular formula is C23H31N3O6. The minimum Gasteiger partial charge on any atom is -0.481 e. The van der Waals surface area contributed by atoms with Gasteiger partial charge in [0.1, 0.15) is 5.60 Å². The lowest BCUT2D eigenvalue weighted by Crippen LogP contribution is -2.52. The first kappa shape index (κ1) is 23.6. The first-order valence-electron chi connectivity index (χ1n) is 10.8. The van der Waals surface area contributed by atoms with E-state index in [1.165, 1.54) is 4.90 Å². The van der Waals surface area contributed by atoms with Crippen LogP contribution in [0.25, 0.3) is 0 Å². The topological polar surface area (TPSA) is 116 Å². The molecule has 1 spiro atoms. The van der Waals surface area contributed by atoms with Crippen LogP contribution >= 0.6 is 0 Å². The summed E-state index contributed by atoms with van der Waals surface area (Å²) in [7, 11) is 0. The molecule has 0 aliphatic carbocycles. The Hall–Kier alpha value is -3.10. The maximum atomic E-state index is 12.5. The molecule has 0 atom stereocenters. The van der Waals surface area contributed by atoms with Crippen molar-refractivity contribution in [2.75, 3.05) is 19.6 Å². The highest BCUT2D eigenvalue weighted by Gasteiger charge is 2.47. The lowest BCUT2D eigenvalue weighted by Gasteiger charge is -2.37. The van der Waals surface area contributed by atoms with Crippen LogP contribution in [-0.4, -0.2) is 64.1 Å². The molecule has 2 saturated heterocycles. The molecular weight excluding hydrogens is 414 g/mol. The summed E-state index contributed by atoms with van der Waals surface area (Å²) < 4.78 is 5.72. The lowest BCUT2D eigenvalue weighted by atomic mass is 9.85. The third-order valence-electron chi connectivity index (χ3n) is 6.01. The molecule has 0 saturated carbocycles. The molecule has 4 amide bonds. The standard InChI is InChI=1S/C23H31N3O6/c1-16-4-6-17(7-5-16)14-26-15-23(32-21(26)31)8-10-25(11-9-23)20(30)24-18(27)12-22(2,3)13-19(28)29/h4-7H,8-15H2,1-3H3,(H,28,29)(H,24,27,30). The molecule has 0 radical (unpaired) electrons. The average molecular weight is 446 g/mol. The van der Waals surface area contributed by atoms with Gasteiger partial charge < -0.3 is 14.7 Å². The van der Waals surface area contributed by atoms with Gasteiger partial charge in [-0.1, -0.05) is 43.7 Å². The molecule has 2 fully saturated rings. The zero-order chi connectivity index (χ0) is 23.5. The predicted molar refractivity (Wildman–Crippen MR) is 116 cm³/mol. The fourth-order valence-electron chi connectivity index (χ4n) is 4.26. The molecule has 3 rings (SSSR count). The van der Waals surface area contributed by atoms with Crippen LogP contribution in [0.5, 0.6) is 0 Å². The van der Waals surface area contributed by atoms with Gasteiger partial charge in [-0.15, -0.1) is 0 Å². The van der Waals surface area contributed by atoms with Gasteiger partial charge in [0, 0.05) is 38.9 Å². The fourth-order valence-corrected chi connectivity index (χ4v) is 4.26. The molecule has 1 aromatic carbocycles. The van der Waals surface area contributed by atoms with Crippen LogP contribution in [0.2, 0.25) is 0 Å². The summed E-state index contributed by atoms with van der Waals surface area (Å²) >= 11 is 0. The maximum absolute atomic E-state index is 12.5. The van der Waals surface area contributed by atoms with Crippen LogP contribution < -0.4 is 5.32 Å². The van der Waals surface area contributed by atoms with Crippen LogP contribution in [-0.2, 0) is 20.9 Å². The highest BCUT2D eigenvalue weighted by Crippen LogP contribution is 2.34. The van der Waals surface area contributed by atoms with Gasteiger partial charge in [-0.2, -0.15) is 0 Å². The summed E-state index contributed by atoms with van der Waals surface area (Å²) in [6.07, 6.45) is 0.420. The van der Waals surface area contributed by atoms with Crippen LogP contribution in [0.15, 0.2) is 24.3 Å². The second kappa shape index (κ2) is 9.18. The summed E-state index contributed by atoms with van der Waals surface area (Å²) in [5.41, 5.74) is 0.821. The van der Waals surface area contributed by atoms with Gasteiger partial charge in [-0.3, -0.25) is 19.8 Å². The summed E-state index contributed by atoms with van der Waals surface area (Å²) in [6, 6.07) is 7.50. The summed E-state index contributed by atoms with van der Waals surface area (Å²) in [5.74, 6) is -1.49. The number of amides is 4. The molecule has 1 aromatic rings. The van der Waals surface area contributed by atoms with Crippen LogP contribution in [0.4, 0.5) is 9.59 Å². The number of imide groups is 1. The zero-order valence-electron chi connectivity index (χ0n) is 18.8. The number of nitrogens with zero attached hydrogens (tertiary/aromatic N) is 2. The molecule has 0 aromatic heterocycles. The number of hydrogen-bond acceptors (Lipinski definition) is 5. The van der Waals surface area contributed by atoms with Crippen LogP contribution in [0.3, 0.4) is 0 Å². The average Bonchev–Trinajstić information content (AvgIpc) is 2.97. The van der Waals surface area contributed by atoms with E-state index in [9.17, 15) is 19.2 Å². The maximum Gasteiger partial charge on any atom is 0.410 e. The molecule has 0 bridgehead atoms. The molecule has 9 heteroatoms. The van der Waals surface area contributed by atoms with Crippen molar-refractivity contribution in [1.82, 2.24) is 15.1 Å². The highest BCUT2D eigenvalue weighted by atomic mass is 16.6. The van der Waals surface area contributed by atoms with E-state index in [1.54, 1.807) is 18.7 Å².